The standard InChI is InChI=1S/2C12H12F3NO.C10H20.2ClH.Zr/c2*1-8(7-9(2)17)16-11-5-3-10(4-6-11)12(13,14)15;1-6-7(2)9(4)10(5)8(6)3;;;/h2*3-7,16H,1-2H3;6-10H,1-5H3;2*1H;/q;;;;;+2/p-2/b2*8-7-;;;;. The van der Waals surface area contributed by atoms with E-state index in [9.17, 15) is 35.9 Å². The third-order valence-electron chi connectivity index (χ3n) is 8.09. The number of carbonyl (C=O) groups is 2. The van der Waals surface area contributed by atoms with Crippen LogP contribution in [0.25, 0.3) is 0 Å². The van der Waals surface area contributed by atoms with E-state index in [0.29, 0.717) is 22.8 Å². The first-order valence-corrected chi connectivity index (χ1v) is 21.1. The summed E-state index contributed by atoms with van der Waals surface area (Å²) < 4.78 is 73.7. The topological polar surface area (TPSA) is 58.2 Å². The molecule has 0 spiro atoms. The molecular formula is C34H44Cl2F6N2O2Zr. The second-order valence-electron chi connectivity index (χ2n) is 11.6. The van der Waals surface area contributed by atoms with Gasteiger partial charge in [-0.1, -0.05) is 34.6 Å². The number of ketones is 2. The molecule has 262 valence electrons. The van der Waals surface area contributed by atoms with E-state index in [1.165, 1.54) is 50.3 Å². The molecule has 2 aromatic rings. The first kappa shape index (κ1) is 44.9. The second kappa shape index (κ2) is 21.1. The van der Waals surface area contributed by atoms with Gasteiger partial charge in [0.05, 0.1) is 11.1 Å². The molecule has 0 radical (unpaired) electrons. The number of anilines is 2. The molecule has 0 bridgehead atoms. The molecule has 1 fully saturated rings. The fourth-order valence-electron chi connectivity index (χ4n) is 5.02. The van der Waals surface area contributed by atoms with Gasteiger partial charge in [0.2, 0.25) is 0 Å². The van der Waals surface area contributed by atoms with Crippen molar-refractivity contribution in [3.05, 3.63) is 83.2 Å². The molecule has 1 saturated carbocycles. The van der Waals surface area contributed by atoms with Gasteiger partial charge in [0.1, 0.15) is 0 Å². The van der Waals surface area contributed by atoms with Crippen molar-refractivity contribution in [1.82, 2.24) is 0 Å². The minimum absolute atomic E-state index is 0.123. The van der Waals surface area contributed by atoms with E-state index in [2.05, 4.69) is 45.3 Å². The Morgan fingerprint density at radius 2 is 0.787 bits per heavy atom. The zero-order chi connectivity index (χ0) is 36.7. The number of hydrogen-bond acceptors (Lipinski definition) is 4. The van der Waals surface area contributed by atoms with Crippen molar-refractivity contribution in [2.24, 2.45) is 29.6 Å². The first-order valence-electron chi connectivity index (χ1n) is 14.8. The molecule has 0 aliphatic heterocycles. The van der Waals surface area contributed by atoms with Crippen LogP contribution in [0.4, 0.5) is 37.7 Å². The predicted octanol–water partition coefficient (Wildman–Crippen LogP) is 11.8. The van der Waals surface area contributed by atoms with Crippen LogP contribution in [0.15, 0.2) is 72.1 Å². The molecule has 0 unspecified atom stereocenters. The van der Waals surface area contributed by atoms with Crippen LogP contribution in [-0.4, -0.2) is 11.6 Å². The van der Waals surface area contributed by atoms with Gasteiger partial charge in [-0.15, -0.1) is 0 Å². The average Bonchev–Trinajstić information content (AvgIpc) is 3.10. The summed E-state index contributed by atoms with van der Waals surface area (Å²) in [6.45, 7) is 18.1. The van der Waals surface area contributed by atoms with E-state index in [1.54, 1.807) is 13.8 Å². The van der Waals surface area contributed by atoms with Gasteiger partial charge in [0.25, 0.3) is 0 Å². The van der Waals surface area contributed by atoms with E-state index in [1.807, 2.05) is 0 Å². The molecule has 47 heavy (non-hydrogen) atoms. The molecule has 2 aromatic carbocycles. The Kier molecular flexibility index (Phi) is 20.1. The van der Waals surface area contributed by atoms with Crippen LogP contribution in [0, 0.1) is 29.6 Å². The summed E-state index contributed by atoms with van der Waals surface area (Å²) in [4.78, 5) is 21.5. The van der Waals surface area contributed by atoms with E-state index >= 15 is 0 Å². The Labute approximate surface area is 293 Å². The van der Waals surface area contributed by atoms with Gasteiger partial charge in [0.15, 0.2) is 11.6 Å². The molecule has 2 N–H and O–H groups in total. The van der Waals surface area contributed by atoms with Crippen molar-refractivity contribution in [2.75, 3.05) is 10.6 Å². The minimum atomic E-state index is -4.33. The number of halogens is 8. The molecule has 0 saturated heterocycles. The van der Waals surface area contributed by atoms with Crippen LogP contribution >= 0.6 is 17.0 Å². The van der Waals surface area contributed by atoms with Crippen molar-refractivity contribution in [2.45, 2.75) is 74.7 Å². The van der Waals surface area contributed by atoms with E-state index < -0.39 is 44.3 Å². The molecule has 3 rings (SSSR count). The molecule has 0 heterocycles. The second-order valence-corrected chi connectivity index (χ2v) is 15.4. The van der Waals surface area contributed by atoms with Crippen molar-refractivity contribution >= 4 is 40.0 Å². The van der Waals surface area contributed by atoms with Crippen molar-refractivity contribution < 1.29 is 56.8 Å². The van der Waals surface area contributed by atoms with Gasteiger partial charge < -0.3 is 10.6 Å². The number of alkyl halides is 6. The van der Waals surface area contributed by atoms with Crippen LogP contribution < -0.4 is 10.6 Å². The Hall–Kier alpha value is -2.10. The molecular weight excluding hydrogens is 745 g/mol. The summed E-state index contributed by atoms with van der Waals surface area (Å²) in [5.41, 5.74) is 0.781. The van der Waals surface area contributed by atoms with Crippen LogP contribution in [0.3, 0.4) is 0 Å². The first-order chi connectivity index (χ1) is 21.5. The summed E-state index contributed by atoms with van der Waals surface area (Å²) >= 11 is -0.826. The van der Waals surface area contributed by atoms with Gasteiger partial charge in [0, 0.05) is 22.8 Å². The molecule has 4 nitrogen and oxygen atoms in total. The van der Waals surface area contributed by atoms with Gasteiger partial charge in [-0.3, -0.25) is 9.59 Å². The molecule has 0 amide bonds. The van der Waals surface area contributed by atoms with Gasteiger partial charge in [-0.05, 0) is 118 Å². The Bertz CT molecular complexity index is 1180. The Balaban J connectivity index is 0.000000667. The van der Waals surface area contributed by atoms with Crippen molar-refractivity contribution in [3.8, 4) is 0 Å². The van der Waals surface area contributed by atoms with Crippen molar-refractivity contribution in [1.29, 1.82) is 0 Å². The molecule has 0 aromatic heterocycles. The average molecular weight is 789 g/mol. The number of nitrogens with one attached hydrogen (secondary N) is 2. The number of rotatable bonds is 6. The maximum absolute atomic E-state index is 12.3. The summed E-state index contributed by atoms with van der Waals surface area (Å²) in [6.07, 6.45) is -5.92. The molecule has 0 atom stereocenters. The summed E-state index contributed by atoms with van der Waals surface area (Å²) in [6, 6.07) is 9.24. The molecule has 13 heteroatoms. The van der Waals surface area contributed by atoms with Crippen molar-refractivity contribution in [3.63, 3.8) is 0 Å². The predicted molar refractivity (Wildman–Crippen MR) is 177 cm³/mol. The monoisotopic (exact) mass is 786 g/mol. The van der Waals surface area contributed by atoms with Gasteiger partial charge in [-0.2, -0.15) is 26.3 Å². The maximum atomic E-state index is 12.3. The fraction of sp³-hybridized carbons (Fsp3) is 0.471. The van der Waals surface area contributed by atoms with Gasteiger partial charge >= 0.3 is 50.2 Å². The third kappa shape index (κ3) is 17.7. The number of hydrogen-bond donors (Lipinski definition) is 2. The number of benzene rings is 2. The Morgan fingerprint density at radius 1 is 0.574 bits per heavy atom. The Morgan fingerprint density at radius 3 is 0.957 bits per heavy atom. The van der Waals surface area contributed by atoms with Crippen LogP contribution in [0.1, 0.15) is 73.4 Å². The van der Waals surface area contributed by atoms with Crippen LogP contribution in [0.2, 0.25) is 0 Å². The fourth-order valence-corrected chi connectivity index (χ4v) is 5.02. The molecule has 1 aliphatic rings. The normalized spacial score (nSPS) is 21.1. The summed E-state index contributed by atoms with van der Waals surface area (Å²) in [5.74, 6) is 4.43. The zero-order valence-electron chi connectivity index (χ0n) is 28.0. The van der Waals surface area contributed by atoms with E-state index in [-0.39, 0.29) is 11.6 Å². The van der Waals surface area contributed by atoms with E-state index in [4.69, 9.17) is 17.0 Å². The quantitative estimate of drug-likeness (QED) is 0.226. The SMILES string of the molecule is CC(=O)/C=C(/C)Nc1ccc(C(F)(F)F)cc1.CC(=O)/C=C(/C)Nc1ccc(C(F)(F)F)cc1.CC1C(C)C(C)C(C)C1C.[Cl][Zr][Cl]. The van der Waals surface area contributed by atoms with E-state index in [0.717, 1.165) is 53.9 Å². The summed E-state index contributed by atoms with van der Waals surface area (Å²) in [5, 5.41) is 5.65. The molecule has 1 aliphatic carbocycles. The number of carbonyl (C=O) groups excluding carboxylic acids is 2. The van der Waals surface area contributed by atoms with Gasteiger partial charge in [-0.25, -0.2) is 0 Å². The third-order valence-corrected chi connectivity index (χ3v) is 8.09. The summed E-state index contributed by atoms with van der Waals surface area (Å²) in [7, 11) is 9.87. The number of allylic oxidation sites excluding steroid dienone is 4. The van der Waals surface area contributed by atoms with Crippen LogP contribution in [0.5, 0.6) is 0 Å². The van der Waals surface area contributed by atoms with Crippen LogP contribution in [-0.2, 0) is 42.8 Å². The zero-order valence-corrected chi connectivity index (χ0v) is 32.0.